The molecule has 1 aromatic carbocycles. The second kappa shape index (κ2) is 7.89. The number of amides is 3. The highest BCUT2D eigenvalue weighted by atomic mass is 16.5. The molecule has 152 valence electrons. The first-order valence-electron chi connectivity index (χ1n) is 10.4. The molecule has 0 unspecified atom stereocenters. The van der Waals surface area contributed by atoms with E-state index in [1.165, 1.54) is 0 Å². The van der Waals surface area contributed by atoms with Gasteiger partial charge in [-0.25, -0.2) is 4.79 Å². The van der Waals surface area contributed by atoms with Crippen LogP contribution in [-0.4, -0.2) is 73.7 Å². The van der Waals surface area contributed by atoms with Crippen molar-refractivity contribution in [2.24, 2.45) is 5.92 Å². The number of nitrogens with one attached hydrogen (secondary N) is 1. The minimum absolute atomic E-state index is 0.0827. The Balaban J connectivity index is 1.43. The zero-order valence-electron chi connectivity index (χ0n) is 16.8. The Bertz CT molecular complexity index is 732. The van der Waals surface area contributed by atoms with E-state index in [0.29, 0.717) is 25.6 Å². The van der Waals surface area contributed by atoms with Crippen molar-refractivity contribution >= 4 is 17.6 Å². The molecule has 2 heterocycles. The molecule has 0 spiro atoms. The maximum absolute atomic E-state index is 13.3. The van der Waals surface area contributed by atoms with E-state index >= 15 is 0 Å². The highest BCUT2D eigenvalue weighted by Gasteiger charge is 2.52. The average molecular weight is 386 g/mol. The number of methoxy groups -OCH3 is 1. The number of anilines is 1. The highest BCUT2D eigenvalue weighted by molar-refractivity contribution is 5.89. The van der Waals surface area contributed by atoms with Gasteiger partial charge in [-0.2, -0.15) is 0 Å². The summed E-state index contributed by atoms with van der Waals surface area (Å²) in [5, 5.41) is 2.90. The second-order valence-corrected chi connectivity index (χ2v) is 7.90. The van der Waals surface area contributed by atoms with Crippen molar-refractivity contribution in [3.05, 3.63) is 24.3 Å². The van der Waals surface area contributed by atoms with Gasteiger partial charge < -0.3 is 24.8 Å². The van der Waals surface area contributed by atoms with Crippen molar-refractivity contribution in [1.29, 1.82) is 0 Å². The Morgan fingerprint density at radius 3 is 2.61 bits per heavy atom. The number of piperidine rings is 1. The van der Waals surface area contributed by atoms with Crippen molar-refractivity contribution in [2.75, 3.05) is 44.7 Å². The van der Waals surface area contributed by atoms with Gasteiger partial charge in [0.25, 0.3) is 0 Å². The van der Waals surface area contributed by atoms with Crippen LogP contribution in [0.15, 0.2) is 24.3 Å². The fourth-order valence-electron chi connectivity index (χ4n) is 5.09. The van der Waals surface area contributed by atoms with Crippen LogP contribution in [0.3, 0.4) is 0 Å². The molecule has 1 N–H and O–H groups in total. The summed E-state index contributed by atoms with van der Waals surface area (Å²) < 4.78 is 5.48. The van der Waals surface area contributed by atoms with E-state index in [0.717, 1.165) is 43.8 Å². The van der Waals surface area contributed by atoms with Crippen molar-refractivity contribution < 1.29 is 14.3 Å². The van der Waals surface area contributed by atoms with Crippen LogP contribution < -0.4 is 15.0 Å². The second-order valence-electron chi connectivity index (χ2n) is 7.90. The first-order valence-corrected chi connectivity index (χ1v) is 10.4. The molecule has 2 saturated heterocycles. The summed E-state index contributed by atoms with van der Waals surface area (Å²) in [5.74, 6) is 1.29. The van der Waals surface area contributed by atoms with Crippen LogP contribution in [0.5, 0.6) is 5.75 Å². The van der Waals surface area contributed by atoms with Crippen LogP contribution in [0.25, 0.3) is 0 Å². The van der Waals surface area contributed by atoms with Crippen LogP contribution in [0, 0.1) is 5.92 Å². The molecular weight excluding hydrogens is 356 g/mol. The number of benzene rings is 1. The number of hydrogen-bond donors (Lipinski definition) is 1. The minimum atomic E-state index is -0.289. The lowest BCUT2D eigenvalue weighted by molar-refractivity contribution is -0.137. The number of nitrogens with zero attached hydrogens (tertiary/aromatic N) is 3. The number of carbonyl (C=O) groups excluding carboxylic acids is 2. The topological polar surface area (TPSA) is 65.1 Å². The predicted molar refractivity (Wildman–Crippen MR) is 108 cm³/mol. The SMILES string of the molecule is CCNC(=O)N1[C@H]2CC[C@@H](C2)[C@H]1C(=O)N1CCN(c2ccccc2OC)CC1. The number of fused-ring (bicyclic) bond motifs is 2. The molecule has 0 aromatic heterocycles. The number of rotatable bonds is 4. The number of piperazine rings is 1. The third-order valence-electron chi connectivity index (χ3n) is 6.42. The Morgan fingerprint density at radius 2 is 1.89 bits per heavy atom. The van der Waals surface area contributed by atoms with Gasteiger partial charge in [-0.1, -0.05) is 12.1 Å². The van der Waals surface area contributed by atoms with Gasteiger partial charge in [0.2, 0.25) is 5.91 Å². The number of para-hydroxylation sites is 2. The Morgan fingerprint density at radius 1 is 1.14 bits per heavy atom. The molecule has 2 bridgehead atoms. The first-order chi connectivity index (χ1) is 13.6. The maximum Gasteiger partial charge on any atom is 0.318 e. The Labute approximate surface area is 166 Å². The summed E-state index contributed by atoms with van der Waals surface area (Å²) in [5.41, 5.74) is 1.07. The van der Waals surface area contributed by atoms with Gasteiger partial charge in [-0.3, -0.25) is 4.79 Å². The highest BCUT2D eigenvalue weighted by Crippen LogP contribution is 2.43. The molecule has 3 aliphatic rings. The first kappa shape index (κ1) is 18.9. The molecule has 28 heavy (non-hydrogen) atoms. The standard InChI is InChI=1S/C21H30N4O3/c1-3-22-21(27)25-16-9-8-15(14-16)19(25)20(26)24-12-10-23(11-13-24)17-6-4-5-7-18(17)28-2/h4-7,15-16,19H,3,8-14H2,1-2H3,(H,22,27)/t15-,16-,19-/m0/s1. The number of carbonyl (C=O) groups is 2. The summed E-state index contributed by atoms with van der Waals surface area (Å²) >= 11 is 0. The normalized spacial score (nSPS) is 26.5. The molecular formula is C21H30N4O3. The number of likely N-dealkylation sites (tertiary alicyclic amines) is 1. The summed E-state index contributed by atoms with van der Waals surface area (Å²) in [4.78, 5) is 32.0. The van der Waals surface area contributed by atoms with E-state index in [1.54, 1.807) is 7.11 Å². The molecule has 3 atom stereocenters. The van der Waals surface area contributed by atoms with Gasteiger partial charge in [-0.05, 0) is 44.2 Å². The molecule has 0 radical (unpaired) electrons. The van der Waals surface area contributed by atoms with Crippen molar-refractivity contribution in [1.82, 2.24) is 15.1 Å². The molecule has 1 saturated carbocycles. The van der Waals surface area contributed by atoms with Crippen molar-refractivity contribution in [3.63, 3.8) is 0 Å². The fourth-order valence-corrected chi connectivity index (χ4v) is 5.09. The Kier molecular flexibility index (Phi) is 5.33. The predicted octanol–water partition coefficient (Wildman–Crippen LogP) is 1.93. The van der Waals surface area contributed by atoms with Crippen LogP contribution in [0.2, 0.25) is 0 Å². The van der Waals surface area contributed by atoms with Gasteiger partial charge in [0.15, 0.2) is 0 Å². The van der Waals surface area contributed by atoms with Crippen LogP contribution in [-0.2, 0) is 4.79 Å². The van der Waals surface area contributed by atoms with E-state index in [1.807, 2.05) is 34.9 Å². The molecule has 2 aliphatic heterocycles. The minimum Gasteiger partial charge on any atom is -0.495 e. The van der Waals surface area contributed by atoms with E-state index in [4.69, 9.17) is 4.74 Å². The molecule has 3 amide bonds. The van der Waals surface area contributed by atoms with E-state index in [2.05, 4.69) is 16.3 Å². The van der Waals surface area contributed by atoms with Crippen LogP contribution in [0.4, 0.5) is 10.5 Å². The van der Waals surface area contributed by atoms with Gasteiger partial charge in [0.05, 0.1) is 12.8 Å². The molecule has 7 nitrogen and oxygen atoms in total. The number of urea groups is 1. The van der Waals surface area contributed by atoms with Crippen molar-refractivity contribution in [2.45, 2.75) is 38.3 Å². The third kappa shape index (κ3) is 3.27. The van der Waals surface area contributed by atoms with Gasteiger partial charge in [0, 0.05) is 38.8 Å². The van der Waals surface area contributed by atoms with E-state index in [9.17, 15) is 9.59 Å². The van der Waals surface area contributed by atoms with E-state index < -0.39 is 0 Å². The number of hydrogen-bond acceptors (Lipinski definition) is 4. The zero-order valence-corrected chi connectivity index (χ0v) is 16.8. The summed E-state index contributed by atoms with van der Waals surface area (Å²) in [6.45, 7) is 5.40. The largest absolute Gasteiger partial charge is 0.495 e. The molecule has 3 fully saturated rings. The van der Waals surface area contributed by atoms with Gasteiger partial charge >= 0.3 is 6.03 Å². The molecule has 1 aliphatic carbocycles. The lowest BCUT2D eigenvalue weighted by Crippen LogP contribution is -2.59. The van der Waals surface area contributed by atoms with Gasteiger partial charge in [0.1, 0.15) is 11.8 Å². The quantitative estimate of drug-likeness (QED) is 0.859. The zero-order chi connectivity index (χ0) is 19.7. The lowest BCUT2D eigenvalue weighted by atomic mass is 9.97. The monoisotopic (exact) mass is 386 g/mol. The van der Waals surface area contributed by atoms with Crippen LogP contribution in [0.1, 0.15) is 26.2 Å². The summed E-state index contributed by atoms with van der Waals surface area (Å²) in [6.07, 6.45) is 3.04. The fraction of sp³-hybridized carbons (Fsp3) is 0.619. The Hall–Kier alpha value is -2.44. The molecule has 1 aromatic rings. The summed E-state index contributed by atoms with van der Waals surface area (Å²) in [6, 6.07) is 7.85. The van der Waals surface area contributed by atoms with Gasteiger partial charge in [-0.15, -0.1) is 0 Å². The number of ether oxygens (including phenoxy) is 1. The lowest BCUT2D eigenvalue weighted by Gasteiger charge is -2.41. The maximum atomic E-state index is 13.3. The van der Waals surface area contributed by atoms with Crippen LogP contribution >= 0.6 is 0 Å². The van der Waals surface area contributed by atoms with Crippen molar-refractivity contribution in [3.8, 4) is 5.75 Å². The smallest absolute Gasteiger partial charge is 0.318 e. The summed E-state index contributed by atoms with van der Waals surface area (Å²) in [7, 11) is 1.68. The molecule has 7 heteroatoms. The third-order valence-corrected chi connectivity index (χ3v) is 6.42. The molecule has 4 rings (SSSR count). The average Bonchev–Trinajstić information content (AvgIpc) is 3.35. The van der Waals surface area contributed by atoms with E-state index in [-0.39, 0.29) is 24.0 Å².